The Bertz CT molecular complexity index is 403. The molecule has 4 heteroatoms. The SMILES string of the molecule is CCCCOCC(O)COc1ccccc1C(=O)CC. The third kappa shape index (κ3) is 5.72. The molecule has 0 heterocycles. The van der Waals surface area contributed by atoms with Gasteiger partial charge in [-0.1, -0.05) is 32.4 Å². The number of unbranched alkanes of at least 4 members (excludes halogenated alkanes) is 1. The van der Waals surface area contributed by atoms with Gasteiger partial charge in [-0.05, 0) is 18.6 Å². The maximum atomic E-state index is 11.8. The molecule has 0 aliphatic rings. The number of hydrogen-bond donors (Lipinski definition) is 1. The Morgan fingerprint density at radius 1 is 1.25 bits per heavy atom. The van der Waals surface area contributed by atoms with E-state index in [1.807, 2.05) is 13.0 Å². The van der Waals surface area contributed by atoms with Crippen molar-refractivity contribution in [1.82, 2.24) is 0 Å². The van der Waals surface area contributed by atoms with Gasteiger partial charge >= 0.3 is 0 Å². The van der Waals surface area contributed by atoms with Crippen molar-refractivity contribution in [3.05, 3.63) is 29.8 Å². The van der Waals surface area contributed by atoms with Crippen molar-refractivity contribution in [2.45, 2.75) is 39.2 Å². The number of ether oxygens (including phenoxy) is 2. The molecule has 1 unspecified atom stereocenters. The predicted octanol–water partition coefficient (Wildman–Crippen LogP) is 2.84. The van der Waals surface area contributed by atoms with E-state index in [0.29, 0.717) is 24.3 Å². The van der Waals surface area contributed by atoms with Crippen molar-refractivity contribution in [2.75, 3.05) is 19.8 Å². The lowest BCUT2D eigenvalue weighted by atomic mass is 10.1. The first-order chi connectivity index (χ1) is 9.69. The van der Waals surface area contributed by atoms with Gasteiger partial charge in [0.05, 0.1) is 12.2 Å². The van der Waals surface area contributed by atoms with Gasteiger partial charge in [0.25, 0.3) is 0 Å². The second kappa shape index (κ2) is 9.50. The van der Waals surface area contributed by atoms with Crippen LogP contribution < -0.4 is 4.74 Å². The molecule has 0 radical (unpaired) electrons. The minimum atomic E-state index is -0.684. The van der Waals surface area contributed by atoms with Crippen LogP contribution in [0.5, 0.6) is 5.75 Å². The lowest BCUT2D eigenvalue weighted by molar-refractivity contribution is 0.0111. The van der Waals surface area contributed by atoms with Gasteiger partial charge in [0, 0.05) is 13.0 Å². The molecular formula is C16H24O4. The Morgan fingerprint density at radius 2 is 2.00 bits per heavy atom. The topological polar surface area (TPSA) is 55.8 Å². The van der Waals surface area contributed by atoms with Crippen LogP contribution in [0.2, 0.25) is 0 Å². The Labute approximate surface area is 120 Å². The molecule has 112 valence electrons. The minimum absolute atomic E-state index is 0.0364. The molecule has 1 atom stereocenters. The van der Waals surface area contributed by atoms with Crippen LogP contribution in [-0.2, 0) is 4.74 Å². The normalized spacial score (nSPS) is 12.2. The second-order valence-electron chi connectivity index (χ2n) is 4.67. The summed E-state index contributed by atoms with van der Waals surface area (Å²) in [5, 5.41) is 9.76. The number of aliphatic hydroxyl groups is 1. The molecule has 1 N–H and O–H groups in total. The third-order valence-corrected chi connectivity index (χ3v) is 2.89. The molecule has 1 aromatic carbocycles. The summed E-state index contributed by atoms with van der Waals surface area (Å²) < 4.78 is 10.9. The van der Waals surface area contributed by atoms with E-state index < -0.39 is 6.10 Å². The summed E-state index contributed by atoms with van der Waals surface area (Å²) >= 11 is 0. The fourth-order valence-electron chi connectivity index (χ4n) is 1.71. The van der Waals surface area contributed by atoms with Crippen molar-refractivity contribution in [1.29, 1.82) is 0 Å². The van der Waals surface area contributed by atoms with Crippen LogP contribution in [0.4, 0.5) is 0 Å². The first kappa shape index (κ1) is 16.7. The van der Waals surface area contributed by atoms with E-state index in [0.717, 1.165) is 12.8 Å². The standard InChI is InChI=1S/C16H24O4/c1-3-5-10-19-11-13(17)12-20-16-9-7-6-8-14(16)15(18)4-2/h6-9,13,17H,3-5,10-12H2,1-2H3. The van der Waals surface area contributed by atoms with Gasteiger partial charge in [0.15, 0.2) is 5.78 Å². The maximum absolute atomic E-state index is 11.8. The zero-order valence-corrected chi connectivity index (χ0v) is 12.3. The molecule has 0 fully saturated rings. The van der Waals surface area contributed by atoms with Gasteiger partial charge in [-0.3, -0.25) is 4.79 Å². The molecule has 1 aromatic rings. The summed E-state index contributed by atoms with van der Waals surface area (Å²) in [6.45, 7) is 4.93. The number of ketones is 1. The van der Waals surface area contributed by atoms with E-state index in [-0.39, 0.29) is 19.0 Å². The molecular weight excluding hydrogens is 256 g/mol. The predicted molar refractivity (Wildman–Crippen MR) is 78.3 cm³/mol. The van der Waals surface area contributed by atoms with Crippen LogP contribution >= 0.6 is 0 Å². The lowest BCUT2D eigenvalue weighted by Crippen LogP contribution is -2.24. The molecule has 0 aliphatic heterocycles. The molecule has 20 heavy (non-hydrogen) atoms. The van der Waals surface area contributed by atoms with Gasteiger partial charge in [-0.2, -0.15) is 0 Å². The Hall–Kier alpha value is -1.39. The van der Waals surface area contributed by atoms with E-state index in [2.05, 4.69) is 6.92 Å². The average molecular weight is 280 g/mol. The molecule has 0 amide bonds. The number of aliphatic hydroxyl groups excluding tert-OH is 1. The number of carbonyl (C=O) groups excluding carboxylic acids is 1. The van der Waals surface area contributed by atoms with E-state index >= 15 is 0 Å². The maximum Gasteiger partial charge on any atom is 0.166 e. The van der Waals surface area contributed by atoms with E-state index in [4.69, 9.17) is 9.47 Å². The molecule has 4 nitrogen and oxygen atoms in total. The summed E-state index contributed by atoms with van der Waals surface area (Å²) in [6.07, 6.45) is 1.81. The molecule has 0 spiro atoms. The molecule has 1 rings (SSSR count). The monoisotopic (exact) mass is 280 g/mol. The van der Waals surface area contributed by atoms with Crippen LogP contribution in [0.25, 0.3) is 0 Å². The molecule has 0 saturated heterocycles. The largest absolute Gasteiger partial charge is 0.490 e. The van der Waals surface area contributed by atoms with Crippen LogP contribution in [0.15, 0.2) is 24.3 Å². The fraction of sp³-hybridized carbons (Fsp3) is 0.562. The Balaban J connectivity index is 2.43. The molecule has 0 aliphatic carbocycles. The summed E-state index contributed by atoms with van der Waals surface area (Å²) in [4.78, 5) is 11.8. The Morgan fingerprint density at radius 3 is 2.70 bits per heavy atom. The van der Waals surface area contributed by atoms with Crippen LogP contribution in [-0.4, -0.2) is 36.8 Å². The molecule has 0 bridgehead atoms. The van der Waals surface area contributed by atoms with Crippen LogP contribution in [0.1, 0.15) is 43.5 Å². The highest BCUT2D eigenvalue weighted by atomic mass is 16.5. The average Bonchev–Trinajstić information content (AvgIpc) is 2.49. The smallest absolute Gasteiger partial charge is 0.166 e. The fourth-order valence-corrected chi connectivity index (χ4v) is 1.71. The van der Waals surface area contributed by atoms with Crippen molar-refractivity contribution in [3.63, 3.8) is 0 Å². The van der Waals surface area contributed by atoms with Crippen molar-refractivity contribution >= 4 is 5.78 Å². The van der Waals surface area contributed by atoms with Crippen molar-refractivity contribution in [2.24, 2.45) is 0 Å². The summed E-state index contributed by atoms with van der Waals surface area (Å²) in [5.74, 6) is 0.557. The van der Waals surface area contributed by atoms with Crippen molar-refractivity contribution in [3.8, 4) is 5.75 Å². The number of Topliss-reactive ketones (excluding diaryl/α,β-unsaturated/α-hetero) is 1. The zero-order chi connectivity index (χ0) is 14.8. The summed E-state index contributed by atoms with van der Waals surface area (Å²) in [7, 11) is 0. The van der Waals surface area contributed by atoms with E-state index in [9.17, 15) is 9.90 Å². The van der Waals surface area contributed by atoms with Gasteiger partial charge in [-0.25, -0.2) is 0 Å². The lowest BCUT2D eigenvalue weighted by Gasteiger charge is -2.14. The number of benzene rings is 1. The third-order valence-electron chi connectivity index (χ3n) is 2.89. The first-order valence-electron chi connectivity index (χ1n) is 7.19. The first-order valence-corrected chi connectivity index (χ1v) is 7.19. The highest BCUT2D eigenvalue weighted by Gasteiger charge is 2.12. The summed E-state index contributed by atoms with van der Waals surface area (Å²) in [5.41, 5.74) is 0.564. The highest BCUT2D eigenvalue weighted by Crippen LogP contribution is 2.19. The van der Waals surface area contributed by atoms with Gasteiger partial charge in [0.2, 0.25) is 0 Å². The number of carbonyl (C=O) groups is 1. The van der Waals surface area contributed by atoms with Gasteiger partial charge in [-0.15, -0.1) is 0 Å². The molecule has 0 saturated carbocycles. The van der Waals surface area contributed by atoms with Gasteiger partial charge in [0.1, 0.15) is 18.5 Å². The highest BCUT2D eigenvalue weighted by molar-refractivity contribution is 5.98. The summed E-state index contributed by atoms with van der Waals surface area (Å²) in [6, 6.07) is 7.10. The number of rotatable bonds is 10. The van der Waals surface area contributed by atoms with E-state index in [1.54, 1.807) is 18.2 Å². The molecule has 0 aromatic heterocycles. The van der Waals surface area contributed by atoms with Gasteiger partial charge < -0.3 is 14.6 Å². The number of hydrogen-bond acceptors (Lipinski definition) is 4. The number of para-hydroxylation sites is 1. The Kier molecular flexibility index (Phi) is 7.92. The second-order valence-corrected chi connectivity index (χ2v) is 4.67. The quantitative estimate of drug-likeness (QED) is 0.529. The van der Waals surface area contributed by atoms with Crippen LogP contribution in [0, 0.1) is 0 Å². The van der Waals surface area contributed by atoms with Crippen LogP contribution in [0.3, 0.4) is 0 Å². The minimum Gasteiger partial charge on any atom is -0.490 e. The van der Waals surface area contributed by atoms with Crippen molar-refractivity contribution < 1.29 is 19.4 Å². The zero-order valence-electron chi connectivity index (χ0n) is 12.3. The van der Waals surface area contributed by atoms with E-state index in [1.165, 1.54) is 0 Å².